The maximum absolute atomic E-state index is 13.2. The highest BCUT2D eigenvalue weighted by Gasteiger charge is 2.26. The number of Topliss-reactive ketones (excluding diaryl/α,β-unsaturated/α-hetero) is 1. The minimum Gasteiger partial charge on any atom is -0.361 e. The Hall–Kier alpha value is -2.61. The summed E-state index contributed by atoms with van der Waals surface area (Å²) >= 11 is 0. The molecule has 0 aliphatic rings. The molecule has 3 aromatic rings. The molecule has 0 aliphatic heterocycles. The van der Waals surface area contributed by atoms with Crippen molar-refractivity contribution in [1.82, 2.24) is 4.98 Å². The predicted octanol–water partition coefficient (Wildman–Crippen LogP) is 6.23. The van der Waals surface area contributed by atoms with E-state index in [1.54, 1.807) is 0 Å². The lowest BCUT2D eigenvalue weighted by molar-refractivity contribution is 0.0939. The Morgan fingerprint density at radius 3 is 2.00 bits per heavy atom. The number of H-pyrrole nitrogens is 1. The van der Waals surface area contributed by atoms with Crippen molar-refractivity contribution in [2.24, 2.45) is 5.92 Å². The van der Waals surface area contributed by atoms with Gasteiger partial charge in [0.2, 0.25) is 0 Å². The fraction of sp³-hybridized carbons (Fsp3) is 0.292. The number of aromatic nitrogens is 1. The Morgan fingerprint density at radius 2 is 1.46 bits per heavy atom. The number of ketones is 1. The Bertz CT molecular complexity index is 873. The molecular weight excluding hydrogens is 318 g/mol. The first-order chi connectivity index (χ1) is 12.5. The van der Waals surface area contributed by atoms with Crippen LogP contribution in [0.1, 0.15) is 60.9 Å². The van der Waals surface area contributed by atoms with E-state index in [0.29, 0.717) is 5.92 Å². The number of carbonyl (C=O) groups is 1. The van der Waals surface area contributed by atoms with Gasteiger partial charge in [-0.3, -0.25) is 4.79 Å². The monoisotopic (exact) mass is 345 g/mol. The van der Waals surface area contributed by atoms with Gasteiger partial charge in [-0.15, -0.1) is 0 Å². The van der Waals surface area contributed by atoms with Crippen molar-refractivity contribution in [3.05, 3.63) is 83.2 Å². The quantitative estimate of drug-likeness (QED) is 0.527. The zero-order valence-electron chi connectivity index (χ0n) is 16.0. The number of carbonyl (C=O) groups excluding carboxylic acids is 1. The first-order valence-electron chi connectivity index (χ1n) is 9.37. The van der Waals surface area contributed by atoms with E-state index in [2.05, 4.69) is 43.1 Å². The van der Waals surface area contributed by atoms with Gasteiger partial charge in [0.05, 0.1) is 0 Å². The molecule has 26 heavy (non-hydrogen) atoms. The molecule has 3 rings (SSSR count). The average Bonchev–Trinajstić information content (AvgIpc) is 3.02. The summed E-state index contributed by atoms with van der Waals surface area (Å²) in [5.41, 5.74) is 6.42. The molecule has 0 fully saturated rings. The summed E-state index contributed by atoms with van der Waals surface area (Å²) in [7, 11) is 0. The topological polar surface area (TPSA) is 32.9 Å². The summed E-state index contributed by atoms with van der Waals surface area (Å²) < 4.78 is 0. The molecule has 0 radical (unpaired) electrons. The third kappa shape index (κ3) is 3.65. The maximum atomic E-state index is 13.2. The van der Waals surface area contributed by atoms with Crippen LogP contribution in [0.25, 0.3) is 11.1 Å². The molecule has 1 heterocycles. The van der Waals surface area contributed by atoms with E-state index in [1.165, 1.54) is 5.56 Å². The number of aromatic amines is 1. The van der Waals surface area contributed by atoms with E-state index in [0.717, 1.165) is 34.5 Å². The molecule has 0 aliphatic carbocycles. The number of hydrogen-bond acceptors (Lipinski definition) is 1. The van der Waals surface area contributed by atoms with Crippen molar-refractivity contribution in [2.45, 2.75) is 40.0 Å². The Labute approximate surface area is 156 Å². The SMILES string of the molecule is CC(C)C(=O)c1c(Cc2ccccc2)[nH]c(C(C)C)c1-c1ccccc1. The van der Waals surface area contributed by atoms with Crippen LogP contribution >= 0.6 is 0 Å². The van der Waals surface area contributed by atoms with E-state index in [1.807, 2.05) is 50.2 Å². The highest BCUT2D eigenvalue weighted by Crippen LogP contribution is 2.36. The van der Waals surface area contributed by atoms with Crippen molar-refractivity contribution in [3.63, 3.8) is 0 Å². The van der Waals surface area contributed by atoms with Crippen LogP contribution in [0.15, 0.2) is 60.7 Å². The molecule has 2 aromatic carbocycles. The van der Waals surface area contributed by atoms with Crippen LogP contribution in [0.3, 0.4) is 0 Å². The normalized spacial score (nSPS) is 11.3. The first kappa shape index (κ1) is 18.2. The summed E-state index contributed by atoms with van der Waals surface area (Å²) in [6.07, 6.45) is 0.737. The molecule has 0 amide bonds. The van der Waals surface area contributed by atoms with E-state index in [4.69, 9.17) is 0 Å². The second kappa shape index (κ2) is 7.74. The van der Waals surface area contributed by atoms with Gasteiger partial charge in [0.15, 0.2) is 5.78 Å². The minimum atomic E-state index is -0.0391. The molecule has 0 atom stereocenters. The van der Waals surface area contributed by atoms with Crippen LogP contribution in [0, 0.1) is 5.92 Å². The molecular formula is C24H27NO. The second-order valence-corrected chi connectivity index (χ2v) is 7.47. The number of rotatable bonds is 6. The van der Waals surface area contributed by atoms with Gasteiger partial charge in [-0.25, -0.2) is 0 Å². The number of nitrogens with one attached hydrogen (secondary N) is 1. The fourth-order valence-electron chi connectivity index (χ4n) is 3.40. The van der Waals surface area contributed by atoms with Crippen molar-refractivity contribution >= 4 is 5.78 Å². The van der Waals surface area contributed by atoms with Crippen LogP contribution in [-0.4, -0.2) is 10.8 Å². The Morgan fingerprint density at radius 1 is 0.885 bits per heavy atom. The summed E-state index contributed by atoms with van der Waals surface area (Å²) in [6, 6.07) is 20.6. The predicted molar refractivity (Wildman–Crippen MR) is 109 cm³/mol. The van der Waals surface area contributed by atoms with Gasteiger partial charge in [0.1, 0.15) is 0 Å². The highest BCUT2D eigenvalue weighted by molar-refractivity contribution is 6.05. The van der Waals surface area contributed by atoms with E-state index >= 15 is 0 Å². The third-order valence-electron chi connectivity index (χ3n) is 4.74. The van der Waals surface area contributed by atoms with Gasteiger partial charge in [-0.05, 0) is 17.0 Å². The summed E-state index contributed by atoms with van der Waals surface area (Å²) in [5, 5.41) is 0. The van der Waals surface area contributed by atoms with E-state index < -0.39 is 0 Å². The van der Waals surface area contributed by atoms with E-state index in [9.17, 15) is 4.79 Å². The van der Waals surface area contributed by atoms with Crippen LogP contribution in [0.4, 0.5) is 0 Å². The van der Waals surface area contributed by atoms with Crippen LogP contribution in [0.5, 0.6) is 0 Å². The van der Waals surface area contributed by atoms with Crippen molar-refractivity contribution < 1.29 is 4.79 Å². The van der Waals surface area contributed by atoms with Gasteiger partial charge in [-0.1, -0.05) is 88.4 Å². The van der Waals surface area contributed by atoms with Crippen LogP contribution in [0.2, 0.25) is 0 Å². The van der Waals surface area contributed by atoms with Crippen molar-refractivity contribution in [2.75, 3.05) is 0 Å². The van der Waals surface area contributed by atoms with Crippen molar-refractivity contribution in [1.29, 1.82) is 0 Å². The molecule has 0 unspecified atom stereocenters. The summed E-state index contributed by atoms with van der Waals surface area (Å²) in [6.45, 7) is 8.30. The van der Waals surface area contributed by atoms with Crippen LogP contribution < -0.4 is 0 Å². The second-order valence-electron chi connectivity index (χ2n) is 7.47. The van der Waals surface area contributed by atoms with Gasteiger partial charge < -0.3 is 4.98 Å². The zero-order valence-corrected chi connectivity index (χ0v) is 16.0. The molecule has 1 aromatic heterocycles. The molecule has 0 saturated heterocycles. The minimum absolute atomic E-state index is 0.0391. The largest absolute Gasteiger partial charge is 0.361 e. The molecule has 0 saturated carbocycles. The molecule has 1 N–H and O–H groups in total. The van der Waals surface area contributed by atoms with E-state index in [-0.39, 0.29) is 11.7 Å². The number of hydrogen-bond donors (Lipinski definition) is 1. The lowest BCUT2D eigenvalue weighted by Crippen LogP contribution is -2.11. The first-order valence-corrected chi connectivity index (χ1v) is 9.37. The average molecular weight is 345 g/mol. The fourth-order valence-corrected chi connectivity index (χ4v) is 3.40. The van der Waals surface area contributed by atoms with Gasteiger partial charge >= 0.3 is 0 Å². The Balaban J connectivity index is 2.22. The molecule has 2 heteroatoms. The molecule has 134 valence electrons. The van der Waals surface area contributed by atoms with Gasteiger partial charge in [0.25, 0.3) is 0 Å². The van der Waals surface area contributed by atoms with Gasteiger partial charge in [-0.2, -0.15) is 0 Å². The standard InChI is InChI=1S/C24H27NO/c1-16(2)23-21(19-13-9-6-10-14-19)22(24(26)17(3)4)20(25-23)15-18-11-7-5-8-12-18/h5-14,16-17,25H,15H2,1-4H3. The summed E-state index contributed by atoms with van der Waals surface area (Å²) in [5.74, 6) is 0.481. The lowest BCUT2D eigenvalue weighted by Gasteiger charge is -2.12. The van der Waals surface area contributed by atoms with Crippen LogP contribution in [-0.2, 0) is 6.42 Å². The Kier molecular flexibility index (Phi) is 5.41. The molecule has 0 bridgehead atoms. The van der Waals surface area contributed by atoms with Crippen molar-refractivity contribution in [3.8, 4) is 11.1 Å². The highest BCUT2D eigenvalue weighted by atomic mass is 16.1. The maximum Gasteiger partial charge on any atom is 0.167 e. The molecule has 0 spiro atoms. The summed E-state index contributed by atoms with van der Waals surface area (Å²) in [4.78, 5) is 16.8. The lowest BCUT2D eigenvalue weighted by atomic mass is 9.89. The zero-order chi connectivity index (χ0) is 18.7. The smallest absolute Gasteiger partial charge is 0.167 e. The van der Waals surface area contributed by atoms with Gasteiger partial charge in [0, 0.05) is 34.9 Å². The number of benzene rings is 2. The molecule has 2 nitrogen and oxygen atoms in total. The third-order valence-corrected chi connectivity index (χ3v) is 4.74.